The minimum Gasteiger partial charge on any atom is -0.321 e. The van der Waals surface area contributed by atoms with Crippen LogP contribution in [0.15, 0.2) is 17.1 Å². The maximum absolute atomic E-state index is 12.2. The number of hydrogen-bond donors (Lipinski definition) is 3. The zero-order valence-electron chi connectivity index (χ0n) is 4.81. The molecule has 10 heavy (non-hydrogen) atoms. The van der Waals surface area contributed by atoms with Gasteiger partial charge in [0.15, 0.2) is 5.84 Å². The number of halogens is 2. The maximum Gasteiger partial charge on any atom is 0.208 e. The molecule has 0 aromatic rings. The molecule has 0 amide bonds. The summed E-state index contributed by atoms with van der Waals surface area (Å²) >= 11 is 0. The summed E-state index contributed by atoms with van der Waals surface area (Å²) in [5.74, 6) is 3.75. The van der Waals surface area contributed by atoms with Crippen LogP contribution in [0.4, 0.5) is 8.87 Å². The van der Waals surface area contributed by atoms with Crippen molar-refractivity contribution in [2.24, 2.45) is 10.9 Å². The molecular weight excluding hydrogens is 144 g/mol. The van der Waals surface area contributed by atoms with E-state index < -0.39 is 5.95 Å². The third-order valence-corrected chi connectivity index (χ3v) is 0.820. The minimum atomic E-state index is -0.870. The van der Waals surface area contributed by atoms with E-state index in [-0.39, 0.29) is 11.2 Å². The van der Waals surface area contributed by atoms with E-state index in [1.54, 1.807) is 5.43 Å². The van der Waals surface area contributed by atoms with Gasteiger partial charge in [0.05, 0.1) is 0 Å². The second-order valence-electron chi connectivity index (χ2n) is 1.51. The van der Waals surface area contributed by atoms with Crippen molar-refractivity contribution in [2.75, 3.05) is 0 Å². The van der Waals surface area contributed by atoms with E-state index in [2.05, 4.69) is 5.10 Å². The molecule has 0 saturated heterocycles. The lowest BCUT2D eigenvalue weighted by Gasteiger charge is -2.18. The molecule has 1 rings (SSSR count). The Hall–Kier alpha value is -1.37. The maximum atomic E-state index is 12.2. The average molecular weight is 149 g/mol. The molecule has 0 fully saturated rings. The Bertz CT molecular complexity index is 187. The van der Waals surface area contributed by atoms with Gasteiger partial charge in [0.2, 0.25) is 5.95 Å². The summed E-state index contributed by atoms with van der Waals surface area (Å²) in [6.45, 7) is 0. The van der Waals surface area contributed by atoms with Crippen LogP contribution in [0.3, 0.4) is 0 Å². The lowest BCUT2D eigenvalue weighted by atomic mass is 10.5. The van der Waals surface area contributed by atoms with Crippen LogP contribution in [0.2, 0.25) is 0 Å². The fourth-order valence-corrected chi connectivity index (χ4v) is 0.473. The van der Waals surface area contributed by atoms with Crippen molar-refractivity contribution in [2.45, 2.75) is 0 Å². The number of nitrogens with one attached hydrogen (secondary N) is 2. The van der Waals surface area contributed by atoms with Crippen molar-refractivity contribution in [1.82, 2.24) is 16.2 Å². The average Bonchev–Trinajstić information content (AvgIpc) is 1.85. The number of hydrazone groups is 1. The first-order valence-electron chi connectivity index (χ1n) is 2.36. The van der Waals surface area contributed by atoms with E-state index in [0.29, 0.717) is 0 Å². The molecule has 0 bridgehead atoms. The summed E-state index contributed by atoms with van der Waals surface area (Å²) in [7, 11) is 0. The van der Waals surface area contributed by atoms with Crippen LogP contribution < -0.4 is 16.7 Å². The Kier molecular flexibility index (Phi) is 1.67. The standard InChI is InChI=1S/C3H5F2N5/c4-2-1-3(7-6)9-10(5)8-2/h1,8H,6H2,(H,7,9). The lowest BCUT2D eigenvalue weighted by Crippen LogP contribution is -2.47. The molecule has 0 unspecified atom stereocenters. The van der Waals surface area contributed by atoms with Gasteiger partial charge in [-0.05, 0) is 0 Å². The van der Waals surface area contributed by atoms with Crippen LogP contribution in [0.25, 0.3) is 0 Å². The number of hydrogen-bond acceptors (Lipinski definition) is 4. The second-order valence-corrected chi connectivity index (χ2v) is 1.51. The van der Waals surface area contributed by atoms with E-state index in [1.807, 2.05) is 5.43 Å². The molecule has 1 aliphatic rings. The Labute approximate surface area is 55.0 Å². The van der Waals surface area contributed by atoms with Gasteiger partial charge < -0.3 is 5.84 Å². The zero-order chi connectivity index (χ0) is 7.56. The van der Waals surface area contributed by atoms with Crippen LogP contribution in [-0.4, -0.2) is 11.2 Å². The van der Waals surface area contributed by atoms with Crippen LogP contribution in [-0.2, 0) is 0 Å². The van der Waals surface area contributed by atoms with E-state index in [9.17, 15) is 8.87 Å². The molecule has 0 atom stereocenters. The molecule has 0 aliphatic carbocycles. The molecule has 0 aromatic heterocycles. The Morgan fingerprint density at radius 1 is 1.60 bits per heavy atom. The Balaban J connectivity index is 2.73. The molecule has 5 nitrogen and oxygen atoms in total. The predicted molar refractivity (Wildman–Crippen MR) is 30.0 cm³/mol. The largest absolute Gasteiger partial charge is 0.321 e. The molecule has 4 N–H and O–H groups in total. The SMILES string of the molecule is N/N=C1\C=C(F)NN(F)N1. The van der Waals surface area contributed by atoms with Crippen LogP contribution in [0.5, 0.6) is 0 Å². The zero-order valence-corrected chi connectivity index (χ0v) is 4.81. The van der Waals surface area contributed by atoms with Crippen molar-refractivity contribution in [3.05, 3.63) is 12.0 Å². The third kappa shape index (κ3) is 1.32. The van der Waals surface area contributed by atoms with Gasteiger partial charge in [0.1, 0.15) is 0 Å². The molecule has 0 radical (unpaired) electrons. The van der Waals surface area contributed by atoms with Crippen LogP contribution in [0.1, 0.15) is 0 Å². The molecule has 1 aliphatic heterocycles. The van der Waals surface area contributed by atoms with Crippen molar-refractivity contribution in [1.29, 1.82) is 0 Å². The molecule has 0 aromatic carbocycles. The smallest absolute Gasteiger partial charge is 0.208 e. The van der Waals surface area contributed by atoms with Gasteiger partial charge >= 0.3 is 0 Å². The number of rotatable bonds is 0. The highest BCUT2D eigenvalue weighted by Crippen LogP contribution is 1.97. The van der Waals surface area contributed by atoms with E-state index in [4.69, 9.17) is 5.84 Å². The molecule has 7 heteroatoms. The first-order chi connectivity index (χ1) is 4.72. The number of nitrogens with zero attached hydrogens (tertiary/aromatic N) is 2. The third-order valence-electron chi connectivity index (χ3n) is 0.820. The van der Waals surface area contributed by atoms with Gasteiger partial charge in [-0.25, -0.2) is 5.43 Å². The van der Waals surface area contributed by atoms with Gasteiger partial charge in [-0.3, -0.25) is 5.43 Å². The summed E-state index contributed by atoms with van der Waals surface area (Å²) < 4.78 is 24.2. The highest BCUT2D eigenvalue weighted by atomic mass is 19.2. The monoisotopic (exact) mass is 149 g/mol. The second kappa shape index (κ2) is 2.48. The van der Waals surface area contributed by atoms with Gasteiger partial charge in [0, 0.05) is 11.4 Å². The molecule has 0 spiro atoms. The summed E-state index contributed by atoms with van der Waals surface area (Å²) in [6, 6.07) is 0. The van der Waals surface area contributed by atoms with E-state index in [0.717, 1.165) is 6.08 Å². The van der Waals surface area contributed by atoms with Crippen molar-refractivity contribution >= 4 is 5.84 Å². The van der Waals surface area contributed by atoms with Crippen LogP contribution in [0, 0.1) is 0 Å². The summed E-state index contributed by atoms with van der Waals surface area (Å²) in [4.78, 5) is 0. The summed E-state index contributed by atoms with van der Waals surface area (Å²) in [6.07, 6.45) is 0.913. The quantitative estimate of drug-likeness (QED) is 0.184. The van der Waals surface area contributed by atoms with Crippen molar-refractivity contribution in [3.8, 4) is 0 Å². The normalized spacial score (nSPS) is 23.4. The number of nitrogens with two attached hydrogens (primary N) is 1. The minimum absolute atomic E-state index is 0.0984. The van der Waals surface area contributed by atoms with Gasteiger partial charge in [-0.2, -0.15) is 9.49 Å². The van der Waals surface area contributed by atoms with Gasteiger partial charge in [-0.15, -0.1) is 0 Å². The molecular formula is C3H5F2N5. The van der Waals surface area contributed by atoms with E-state index in [1.165, 1.54) is 0 Å². The molecule has 56 valence electrons. The fourth-order valence-electron chi connectivity index (χ4n) is 0.473. The summed E-state index contributed by atoms with van der Waals surface area (Å²) in [5, 5.41) is 2.82. The Morgan fingerprint density at radius 3 is 2.80 bits per heavy atom. The highest BCUT2D eigenvalue weighted by molar-refractivity contribution is 5.92. The van der Waals surface area contributed by atoms with E-state index >= 15 is 0 Å². The molecule has 1 heterocycles. The van der Waals surface area contributed by atoms with Gasteiger partial charge in [-0.1, -0.05) is 4.48 Å². The van der Waals surface area contributed by atoms with Gasteiger partial charge in [0.25, 0.3) is 0 Å². The Morgan fingerprint density at radius 2 is 2.30 bits per heavy atom. The first-order valence-corrected chi connectivity index (χ1v) is 2.36. The van der Waals surface area contributed by atoms with Crippen molar-refractivity contribution in [3.63, 3.8) is 0 Å². The number of amidine groups is 1. The topological polar surface area (TPSA) is 65.7 Å². The van der Waals surface area contributed by atoms with Crippen LogP contribution >= 0.6 is 0 Å². The number of hydrazine groups is 2. The highest BCUT2D eigenvalue weighted by Gasteiger charge is 2.12. The molecule has 0 saturated carbocycles. The first kappa shape index (κ1) is 6.75. The lowest BCUT2D eigenvalue weighted by molar-refractivity contribution is -0.0613. The van der Waals surface area contributed by atoms with Crippen molar-refractivity contribution < 1.29 is 8.87 Å². The fraction of sp³-hybridized carbons (Fsp3) is 0. The summed E-state index contributed by atoms with van der Waals surface area (Å²) in [5.41, 5.74) is 3.62. The predicted octanol–water partition coefficient (Wildman–Crippen LogP) is -0.721.